The van der Waals surface area contributed by atoms with Gasteiger partial charge in [-0.3, -0.25) is 14.2 Å². The first-order chi connectivity index (χ1) is 12.3. The van der Waals surface area contributed by atoms with Crippen LogP contribution in [-0.2, 0) is 14.1 Å². The molecular formula is C18H24N4O4. The molecular weight excluding hydrogens is 336 g/mol. The number of carbonyl (C=O) groups excluding carboxylic acids is 1. The Labute approximate surface area is 151 Å². The van der Waals surface area contributed by atoms with Gasteiger partial charge in [0.2, 0.25) is 0 Å². The summed E-state index contributed by atoms with van der Waals surface area (Å²) in [6.45, 7) is 0.310. The van der Waals surface area contributed by atoms with Crippen molar-refractivity contribution in [2.75, 3.05) is 27.7 Å². The number of likely N-dealkylation sites (N-methyl/N-ethyl adjacent to an activating group) is 1. The van der Waals surface area contributed by atoms with Gasteiger partial charge in [-0.05, 0) is 31.8 Å². The summed E-state index contributed by atoms with van der Waals surface area (Å²) in [5.74, 6) is 0.241. The topological polar surface area (TPSA) is 85.6 Å². The van der Waals surface area contributed by atoms with Crippen molar-refractivity contribution in [2.24, 2.45) is 14.1 Å². The zero-order valence-electron chi connectivity index (χ0n) is 15.6. The first-order valence-corrected chi connectivity index (χ1v) is 8.11. The van der Waals surface area contributed by atoms with Gasteiger partial charge in [-0.1, -0.05) is 12.1 Å². The number of carbonyl (C=O) groups is 1. The first kappa shape index (κ1) is 19.5. The quantitative estimate of drug-likeness (QED) is 0.791. The van der Waals surface area contributed by atoms with Gasteiger partial charge in [0.25, 0.3) is 11.5 Å². The van der Waals surface area contributed by atoms with Crippen molar-refractivity contribution in [1.29, 1.82) is 0 Å². The molecule has 1 amide bonds. The van der Waals surface area contributed by atoms with E-state index in [0.29, 0.717) is 6.54 Å². The van der Waals surface area contributed by atoms with Crippen molar-refractivity contribution in [3.63, 3.8) is 0 Å². The molecule has 8 heteroatoms. The molecule has 140 valence electrons. The van der Waals surface area contributed by atoms with Crippen molar-refractivity contribution < 1.29 is 9.53 Å². The molecule has 0 fully saturated rings. The van der Waals surface area contributed by atoms with Crippen LogP contribution in [0.2, 0.25) is 0 Å². The number of hydrogen-bond acceptors (Lipinski definition) is 5. The van der Waals surface area contributed by atoms with E-state index < -0.39 is 17.2 Å². The van der Waals surface area contributed by atoms with Crippen LogP contribution in [0, 0.1) is 0 Å². The maximum Gasteiger partial charge on any atom is 0.330 e. The van der Waals surface area contributed by atoms with E-state index in [9.17, 15) is 14.4 Å². The monoisotopic (exact) mass is 360 g/mol. The molecule has 1 heterocycles. The van der Waals surface area contributed by atoms with Gasteiger partial charge in [-0.15, -0.1) is 0 Å². The van der Waals surface area contributed by atoms with E-state index in [0.717, 1.165) is 15.9 Å². The summed E-state index contributed by atoms with van der Waals surface area (Å²) in [6, 6.07) is 7.50. The molecule has 1 aromatic heterocycles. The number of hydrogen-bond donors (Lipinski definition) is 1. The second-order valence-electron chi connectivity index (χ2n) is 6.26. The number of benzene rings is 1. The van der Waals surface area contributed by atoms with Crippen LogP contribution in [0.25, 0.3) is 0 Å². The maximum absolute atomic E-state index is 12.5. The SMILES string of the molecule is COc1ccc(C(CNC(=O)c2cn(C)c(=O)n(C)c2=O)N(C)C)cc1. The fraction of sp³-hybridized carbons (Fsp3) is 0.389. The van der Waals surface area contributed by atoms with Crippen LogP contribution in [0.15, 0.2) is 40.1 Å². The highest BCUT2D eigenvalue weighted by molar-refractivity contribution is 5.93. The minimum atomic E-state index is -0.614. The van der Waals surface area contributed by atoms with Crippen molar-refractivity contribution in [1.82, 2.24) is 19.4 Å². The number of nitrogens with one attached hydrogen (secondary N) is 1. The molecule has 1 N–H and O–H groups in total. The summed E-state index contributed by atoms with van der Waals surface area (Å²) in [5, 5.41) is 2.78. The molecule has 1 atom stereocenters. The number of ether oxygens (including phenoxy) is 1. The summed E-state index contributed by atoms with van der Waals surface area (Å²) in [6.07, 6.45) is 1.26. The summed E-state index contributed by atoms with van der Waals surface area (Å²) >= 11 is 0. The van der Waals surface area contributed by atoms with E-state index in [2.05, 4.69) is 5.32 Å². The number of aromatic nitrogens is 2. The van der Waals surface area contributed by atoms with E-state index in [1.807, 2.05) is 43.3 Å². The minimum Gasteiger partial charge on any atom is -0.497 e. The molecule has 1 aromatic carbocycles. The van der Waals surface area contributed by atoms with Crippen LogP contribution < -0.4 is 21.3 Å². The number of nitrogens with zero attached hydrogens (tertiary/aromatic N) is 3. The van der Waals surface area contributed by atoms with Gasteiger partial charge in [0.05, 0.1) is 13.2 Å². The van der Waals surface area contributed by atoms with E-state index in [1.54, 1.807) is 7.11 Å². The second kappa shape index (κ2) is 8.01. The molecule has 0 saturated carbocycles. The third kappa shape index (κ3) is 4.02. The Morgan fingerprint density at radius 3 is 2.35 bits per heavy atom. The van der Waals surface area contributed by atoms with Gasteiger partial charge in [0, 0.05) is 26.8 Å². The zero-order chi connectivity index (χ0) is 19.4. The molecule has 2 rings (SSSR count). The van der Waals surface area contributed by atoms with Gasteiger partial charge in [0.1, 0.15) is 11.3 Å². The predicted octanol–water partition coefficient (Wildman–Crippen LogP) is 0.125. The summed E-state index contributed by atoms with van der Waals surface area (Å²) in [4.78, 5) is 38.3. The van der Waals surface area contributed by atoms with E-state index in [1.165, 1.54) is 24.9 Å². The first-order valence-electron chi connectivity index (χ1n) is 8.11. The highest BCUT2D eigenvalue weighted by atomic mass is 16.5. The third-order valence-corrected chi connectivity index (χ3v) is 4.27. The molecule has 0 aliphatic heterocycles. The molecule has 0 radical (unpaired) electrons. The molecule has 0 spiro atoms. The molecule has 0 aliphatic carbocycles. The summed E-state index contributed by atoms with van der Waals surface area (Å²) in [5.41, 5.74) is -0.154. The number of aryl methyl sites for hydroxylation is 1. The fourth-order valence-corrected chi connectivity index (χ4v) is 2.67. The molecule has 0 bridgehead atoms. The normalized spacial score (nSPS) is 12.1. The molecule has 8 nitrogen and oxygen atoms in total. The number of rotatable bonds is 6. The van der Waals surface area contributed by atoms with Crippen molar-refractivity contribution in [3.8, 4) is 5.75 Å². The molecule has 26 heavy (non-hydrogen) atoms. The van der Waals surface area contributed by atoms with Gasteiger partial charge in [-0.2, -0.15) is 0 Å². The van der Waals surface area contributed by atoms with Crippen LogP contribution in [0.4, 0.5) is 0 Å². The van der Waals surface area contributed by atoms with Crippen LogP contribution in [0.1, 0.15) is 22.0 Å². The second-order valence-corrected chi connectivity index (χ2v) is 6.26. The Morgan fingerprint density at radius 1 is 1.19 bits per heavy atom. The summed E-state index contributed by atoms with van der Waals surface area (Å²) < 4.78 is 7.29. The lowest BCUT2D eigenvalue weighted by molar-refractivity contribution is 0.0938. The third-order valence-electron chi connectivity index (χ3n) is 4.27. The van der Waals surface area contributed by atoms with Gasteiger partial charge in [-0.25, -0.2) is 4.79 Å². The van der Waals surface area contributed by atoms with Crippen molar-refractivity contribution >= 4 is 5.91 Å². The average molecular weight is 360 g/mol. The summed E-state index contributed by atoms with van der Waals surface area (Å²) in [7, 11) is 8.27. The Bertz CT molecular complexity index is 897. The number of amides is 1. The van der Waals surface area contributed by atoms with Crippen LogP contribution >= 0.6 is 0 Å². The lowest BCUT2D eigenvalue weighted by atomic mass is 10.1. The van der Waals surface area contributed by atoms with Crippen LogP contribution in [0.3, 0.4) is 0 Å². The van der Waals surface area contributed by atoms with Gasteiger partial charge in [0.15, 0.2) is 0 Å². The van der Waals surface area contributed by atoms with E-state index >= 15 is 0 Å². The zero-order valence-corrected chi connectivity index (χ0v) is 15.6. The highest BCUT2D eigenvalue weighted by Gasteiger charge is 2.19. The fourth-order valence-electron chi connectivity index (χ4n) is 2.67. The average Bonchev–Trinajstić information content (AvgIpc) is 2.63. The van der Waals surface area contributed by atoms with Gasteiger partial charge < -0.3 is 19.5 Å². The van der Waals surface area contributed by atoms with E-state index in [-0.39, 0.29) is 11.6 Å². The molecule has 0 saturated heterocycles. The lowest BCUT2D eigenvalue weighted by Gasteiger charge is -2.25. The van der Waals surface area contributed by atoms with Crippen LogP contribution in [-0.4, -0.2) is 47.7 Å². The van der Waals surface area contributed by atoms with Gasteiger partial charge >= 0.3 is 5.69 Å². The number of methoxy groups -OCH3 is 1. The highest BCUT2D eigenvalue weighted by Crippen LogP contribution is 2.20. The maximum atomic E-state index is 12.5. The van der Waals surface area contributed by atoms with Crippen molar-refractivity contribution in [3.05, 3.63) is 62.4 Å². The Hall–Kier alpha value is -2.87. The Kier molecular flexibility index (Phi) is 5.99. The largest absolute Gasteiger partial charge is 0.497 e. The smallest absolute Gasteiger partial charge is 0.330 e. The minimum absolute atomic E-state index is 0.0677. The predicted molar refractivity (Wildman–Crippen MR) is 98.7 cm³/mol. The standard InChI is InChI=1S/C18H24N4O4/c1-20(2)15(12-6-8-13(26-5)9-7-12)10-19-16(23)14-11-21(3)18(25)22(4)17(14)24/h6-9,11,15H,10H2,1-5H3,(H,19,23). The lowest BCUT2D eigenvalue weighted by Crippen LogP contribution is -2.43. The molecule has 2 aromatic rings. The molecule has 0 aliphatic rings. The van der Waals surface area contributed by atoms with E-state index in [4.69, 9.17) is 4.74 Å². The van der Waals surface area contributed by atoms with Crippen molar-refractivity contribution in [2.45, 2.75) is 6.04 Å². The van der Waals surface area contributed by atoms with Crippen LogP contribution in [0.5, 0.6) is 5.75 Å². The Balaban J connectivity index is 2.20. The Morgan fingerprint density at radius 2 is 1.81 bits per heavy atom. The molecule has 1 unspecified atom stereocenters.